The standard InChI is InChI=1S/C22H23N3O4/c1-4-25-13-18(19(26)17-11-10-14(2)24-20(17)25)22(28)29-15(3)21(27)23-12-16-8-6-5-7-9-16/h5-11,13,15H,4,12H2,1-3H3,(H,23,27)/t15-/m1/s1. The van der Waals surface area contributed by atoms with Crippen molar-refractivity contribution in [3.63, 3.8) is 0 Å². The van der Waals surface area contributed by atoms with Gasteiger partial charge >= 0.3 is 5.97 Å². The Hall–Kier alpha value is -3.48. The number of hydrogen-bond acceptors (Lipinski definition) is 5. The van der Waals surface area contributed by atoms with Gasteiger partial charge in [-0.3, -0.25) is 9.59 Å². The highest BCUT2D eigenvalue weighted by molar-refractivity contribution is 5.94. The fourth-order valence-corrected chi connectivity index (χ4v) is 2.95. The summed E-state index contributed by atoms with van der Waals surface area (Å²) >= 11 is 0. The van der Waals surface area contributed by atoms with Gasteiger partial charge in [-0.05, 0) is 38.5 Å². The van der Waals surface area contributed by atoms with Crippen molar-refractivity contribution in [1.82, 2.24) is 14.9 Å². The second-order valence-corrected chi connectivity index (χ2v) is 6.73. The number of aryl methyl sites for hydroxylation is 2. The predicted molar refractivity (Wildman–Crippen MR) is 110 cm³/mol. The molecule has 0 saturated carbocycles. The van der Waals surface area contributed by atoms with Gasteiger partial charge in [0, 0.05) is 25.0 Å². The van der Waals surface area contributed by atoms with Crippen LogP contribution in [0.15, 0.2) is 53.5 Å². The Morgan fingerprint density at radius 3 is 2.59 bits per heavy atom. The Balaban J connectivity index is 1.77. The van der Waals surface area contributed by atoms with Gasteiger partial charge in [0.15, 0.2) is 6.10 Å². The highest BCUT2D eigenvalue weighted by Crippen LogP contribution is 2.12. The molecule has 2 aromatic heterocycles. The molecule has 29 heavy (non-hydrogen) atoms. The van der Waals surface area contributed by atoms with E-state index in [1.165, 1.54) is 13.1 Å². The number of esters is 1. The van der Waals surface area contributed by atoms with Crippen molar-refractivity contribution in [3.05, 3.63) is 75.7 Å². The summed E-state index contributed by atoms with van der Waals surface area (Å²) in [5.41, 5.74) is 1.65. The molecule has 0 unspecified atom stereocenters. The summed E-state index contributed by atoms with van der Waals surface area (Å²) < 4.78 is 6.98. The van der Waals surface area contributed by atoms with Crippen LogP contribution >= 0.6 is 0 Å². The molecule has 3 rings (SSSR count). The van der Waals surface area contributed by atoms with Gasteiger partial charge in [-0.15, -0.1) is 0 Å². The maximum absolute atomic E-state index is 12.8. The number of nitrogens with zero attached hydrogens (tertiary/aromatic N) is 2. The summed E-state index contributed by atoms with van der Waals surface area (Å²) in [4.78, 5) is 42.0. The average molecular weight is 393 g/mol. The maximum Gasteiger partial charge on any atom is 0.344 e. The Morgan fingerprint density at radius 2 is 1.90 bits per heavy atom. The van der Waals surface area contributed by atoms with Crippen molar-refractivity contribution in [2.45, 2.75) is 40.0 Å². The zero-order chi connectivity index (χ0) is 21.0. The van der Waals surface area contributed by atoms with Crippen molar-refractivity contribution in [2.75, 3.05) is 0 Å². The van der Waals surface area contributed by atoms with E-state index in [1.54, 1.807) is 16.7 Å². The number of amides is 1. The Kier molecular flexibility index (Phi) is 6.07. The number of hydrogen-bond donors (Lipinski definition) is 1. The molecule has 0 radical (unpaired) electrons. The van der Waals surface area contributed by atoms with Gasteiger partial charge < -0.3 is 14.6 Å². The predicted octanol–water partition coefficient (Wildman–Crippen LogP) is 2.59. The molecule has 1 aromatic carbocycles. The van der Waals surface area contributed by atoms with Crippen molar-refractivity contribution in [2.24, 2.45) is 0 Å². The van der Waals surface area contributed by atoms with E-state index in [1.807, 2.05) is 44.2 Å². The van der Waals surface area contributed by atoms with E-state index >= 15 is 0 Å². The first-order valence-corrected chi connectivity index (χ1v) is 9.44. The number of carbonyl (C=O) groups excluding carboxylic acids is 2. The number of benzene rings is 1. The van der Waals surface area contributed by atoms with Crippen LogP contribution in [0.3, 0.4) is 0 Å². The molecule has 0 aliphatic rings. The van der Waals surface area contributed by atoms with Gasteiger partial charge in [-0.25, -0.2) is 9.78 Å². The highest BCUT2D eigenvalue weighted by Gasteiger charge is 2.22. The van der Waals surface area contributed by atoms with Crippen LogP contribution in [0.1, 0.15) is 35.5 Å². The number of aromatic nitrogens is 2. The quantitative estimate of drug-likeness (QED) is 0.650. The average Bonchev–Trinajstić information content (AvgIpc) is 2.72. The molecule has 0 aliphatic heterocycles. The molecular formula is C22H23N3O4. The topological polar surface area (TPSA) is 90.3 Å². The van der Waals surface area contributed by atoms with E-state index in [0.717, 1.165) is 11.3 Å². The lowest BCUT2D eigenvalue weighted by Crippen LogP contribution is -2.36. The highest BCUT2D eigenvalue weighted by atomic mass is 16.5. The minimum Gasteiger partial charge on any atom is -0.449 e. The summed E-state index contributed by atoms with van der Waals surface area (Å²) in [5.74, 6) is -1.27. The smallest absolute Gasteiger partial charge is 0.344 e. The van der Waals surface area contributed by atoms with E-state index in [-0.39, 0.29) is 5.56 Å². The molecule has 1 N–H and O–H groups in total. The number of ether oxygens (including phenoxy) is 1. The molecule has 1 atom stereocenters. The van der Waals surface area contributed by atoms with Crippen LogP contribution < -0.4 is 10.7 Å². The molecule has 7 heteroatoms. The van der Waals surface area contributed by atoms with Crippen molar-refractivity contribution in [1.29, 1.82) is 0 Å². The Morgan fingerprint density at radius 1 is 1.17 bits per heavy atom. The maximum atomic E-state index is 12.8. The van der Waals surface area contributed by atoms with Crippen LogP contribution in [0.4, 0.5) is 0 Å². The second-order valence-electron chi connectivity index (χ2n) is 6.73. The number of rotatable bonds is 6. The second kappa shape index (κ2) is 8.68. The van der Waals surface area contributed by atoms with Gasteiger partial charge in [0.1, 0.15) is 11.2 Å². The molecule has 0 fully saturated rings. The molecule has 3 aromatic rings. The number of pyridine rings is 2. The van der Waals surface area contributed by atoms with Crippen LogP contribution in [-0.4, -0.2) is 27.5 Å². The van der Waals surface area contributed by atoms with Crippen LogP contribution in [0.5, 0.6) is 0 Å². The first kappa shape index (κ1) is 20.3. The number of carbonyl (C=O) groups is 2. The first-order chi connectivity index (χ1) is 13.9. The van der Waals surface area contributed by atoms with Crippen LogP contribution in [0, 0.1) is 6.92 Å². The lowest BCUT2D eigenvalue weighted by Gasteiger charge is -2.15. The van der Waals surface area contributed by atoms with Crippen LogP contribution in [0.25, 0.3) is 11.0 Å². The van der Waals surface area contributed by atoms with Crippen molar-refractivity contribution < 1.29 is 14.3 Å². The molecular weight excluding hydrogens is 370 g/mol. The lowest BCUT2D eigenvalue weighted by atomic mass is 10.2. The third-order valence-corrected chi connectivity index (χ3v) is 4.58. The summed E-state index contributed by atoms with van der Waals surface area (Å²) in [7, 11) is 0. The van der Waals surface area contributed by atoms with Gasteiger partial charge in [0.25, 0.3) is 5.91 Å². The van der Waals surface area contributed by atoms with Gasteiger partial charge in [0.05, 0.1) is 5.39 Å². The van der Waals surface area contributed by atoms with E-state index in [9.17, 15) is 14.4 Å². The van der Waals surface area contributed by atoms with Crippen molar-refractivity contribution >= 4 is 22.9 Å². The fourth-order valence-electron chi connectivity index (χ4n) is 2.95. The summed E-state index contributed by atoms with van der Waals surface area (Å²) in [6.07, 6.45) is 0.404. The summed E-state index contributed by atoms with van der Waals surface area (Å²) in [5, 5.41) is 3.06. The molecule has 7 nitrogen and oxygen atoms in total. The third kappa shape index (κ3) is 4.51. The van der Waals surface area contributed by atoms with Crippen LogP contribution in [0.2, 0.25) is 0 Å². The zero-order valence-corrected chi connectivity index (χ0v) is 16.6. The zero-order valence-electron chi connectivity index (χ0n) is 16.6. The molecule has 0 saturated heterocycles. The summed E-state index contributed by atoms with van der Waals surface area (Å²) in [6.45, 7) is 6.05. The van der Waals surface area contributed by atoms with Crippen molar-refractivity contribution in [3.8, 4) is 0 Å². The van der Waals surface area contributed by atoms with Gasteiger partial charge in [-0.2, -0.15) is 0 Å². The van der Waals surface area contributed by atoms with Crippen LogP contribution in [-0.2, 0) is 22.6 Å². The minimum atomic E-state index is -1.03. The van der Waals surface area contributed by atoms with Gasteiger partial charge in [-0.1, -0.05) is 30.3 Å². The molecule has 2 heterocycles. The molecule has 0 aliphatic carbocycles. The molecule has 0 bridgehead atoms. The normalized spacial score (nSPS) is 11.8. The van der Waals surface area contributed by atoms with E-state index < -0.39 is 23.4 Å². The van der Waals surface area contributed by atoms with E-state index in [4.69, 9.17) is 4.74 Å². The Labute approximate surface area is 168 Å². The molecule has 1 amide bonds. The molecule has 150 valence electrons. The fraction of sp³-hybridized carbons (Fsp3) is 0.273. The minimum absolute atomic E-state index is 0.118. The SMILES string of the molecule is CCn1cc(C(=O)O[C@H](C)C(=O)NCc2ccccc2)c(=O)c2ccc(C)nc21. The lowest BCUT2D eigenvalue weighted by molar-refractivity contribution is -0.129. The molecule has 0 spiro atoms. The number of nitrogens with one attached hydrogen (secondary N) is 1. The third-order valence-electron chi connectivity index (χ3n) is 4.58. The summed E-state index contributed by atoms with van der Waals surface area (Å²) in [6, 6.07) is 12.8. The van der Waals surface area contributed by atoms with E-state index in [2.05, 4.69) is 10.3 Å². The van der Waals surface area contributed by atoms with Gasteiger partial charge in [0.2, 0.25) is 5.43 Å². The largest absolute Gasteiger partial charge is 0.449 e. The Bertz CT molecular complexity index is 1110. The first-order valence-electron chi connectivity index (χ1n) is 9.44. The van der Waals surface area contributed by atoms with E-state index in [0.29, 0.717) is 24.1 Å². The monoisotopic (exact) mass is 393 g/mol. The number of fused-ring (bicyclic) bond motifs is 1.